The van der Waals surface area contributed by atoms with Crippen LogP contribution in [0.15, 0.2) is 41.3 Å². The molecule has 0 unspecified atom stereocenters. The molecule has 0 saturated carbocycles. The predicted octanol–water partition coefficient (Wildman–Crippen LogP) is 2.96. The molecular formula is C15H12O5S. The summed E-state index contributed by atoms with van der Waals surface area (Å²) in [5.74, 6) is -0.418. The summed E-state index contributed by atoms with van der Waals surface area (Å²) in [4.78, 5) is -0.390. The number of benzene rings is 3. The molecule has 0 atom stereocenters. The van der Waals surface area contributed by atoms with E-state index in [2.05, 4.69) is 0 Å². The van der Waals surface area contributed by atoms with Gasteiger partial charge in [0.1, 0.15) is 16.4 Å². The highest BCUT2D eigenvalue weighted by Crippen LogP contribution is 2.44. The van der Waals surface area contributed by atoms with Gasteiger partial charge in [-0.2, -0.15) is 8.42 Å². The van der Waals surface area contributed by atoms with E-state index < -0.39 is 15.0 Å². The van der Waals surface area contributed by atoms with Crippen molar-refractivity contribution in [1.82, 2.24) is 0 Å². The monoisotopic (exact) mass is 304 g/mol. The third-order valence-corrected chi connectivity index (χ3v) is 4.58. The fourth-order valence-electron chi connectivity index (χ4n) is 2.63. The van der Waals surface area contributed by atoms with Crippen molar-refractivity contribution in [3.8, 4) is 11.5 Å². The molecule has 3 aromatic rings. The highest BCUT2D eigenvalue weighted by Gasteiger charge is 2.23. The first-order valence-corrected chi connectivity index (χ1v) is 7.60. The van der Waals surface area contributed by atoms with E-state index in [-0.39, 0.29) is 27.8 Å². The maximum atomic E-state index is 11.6. The molecule has 0 fully saturated rings. The zero-order valence-electron chi connectivity index (χ0n) is 11.0. The molecule has 3 N–H and O–H groups in total. The molecule has 5 nitrogen and oxygen atoms in total. The second-order valence-electron chi connectivity index (χ2n) is 4.85. The number of aromatic hydroxyl groups is 2. The van der Waals surface area contributed by atoms with E-state index in [0.717, 1.165) is 0 Å². The Balaban J connectivity index is 2.71. The normalized spacial score (nSPS) is 12.1. The van der Waals surface area contributed by atoms with Gasteiger partial charge in [-0.1, -0.05) is 36.4 Å². The lowest BCUT2D eigenvalue weighted by Crippen LogP contribution is -2.02. The quantitative estimate of drug-likeness (QED) is 0.365. The highest BCUT2D eigenvalue weighted by atomic mass is 32.2. The first-order valence-electron chi connectivity index (χ1n) is 6.16. The fourth-order valence-corrected chi connectivity index (χ4v) is 3.57. The van der Waals surface area contributed by atoms with Crippen molar-refractivity contribution in [2.24, 2.45) is 0 Å². The summed E-state index contributed by atoms with van der Waals surface area (Å²) in [5.41, 5.74) is 0.287. The fraction of sp³-hybridized carbons (Fsp3) is 0.0667. The van der Waals surface area contributed by atoms with E-state index in [4.69, 9.17) is 0 Å². The Morgan fingerprint density at radius 1 is 0.857 bits per heavy atom. The van der Waals surface area contributed by atoms with Crippen molar-refractivity contribution in [2.45, 2.75) is 11.8 Å². The van der Waals surface area contributed by atoms with Gasteiger partial charge in [0, 0.05) is 21.5 Å². The van der Waals surface area contributed by atoms with Gasteiger partial charge in [0.25, 0.3) is 10.1 Å². The van der Waals surface area contributed by atoms with Gasteiger partial charge in [-0.05, 0) is 12.5 Å². The third-order valence-electron chi connectivity index (χ3n) is 3.54. The summed E-state index contributed by atoms with van der Waals surface area (Å²) < 4.78 is 32.7. The van der Waals surface area contributed by atoms with Gasteiger partial charge < -0.3 is 10.2 Å². The van der Waals surface area contributed by atoms with Crippen LogP contribution in [0.3, 0.4) is 0 Å². The molecule has 0 bridgehead atoms. The maximum absolute atomic E-state index is 11.6. The van der Waals surface area contributed by atoms with Crippen LogP contribution in [0, 0.1) is 6.92 Å². The Hall–Kier alpha value is -2.31. The molecule has 0 radical (unpaired) electrons. The average molecular weight is 304 g/mol. The van der Waals surface area contributed by atoms with Crippen molar-refractivity contribution in [2.75, 3.05) is 0 Å². The van der Waals surface area contributed by atoms with Gasteiger partial charge in [-0.3, -0.25) is 4.55 Å². The lowest BCUT2D eigenvalue weighted by Gasteiger charge is -2.13. The van der Waals surface area contributed by atoms with Crippen LogP contribution in [0.4, 0.5) is 0 Å². The van der Waals surface area contributed by atoms with Crippen molar-refractivity contribution in [3.05, 3.63) is 42.0 Å². The molecule has 21 heavy (non-hydrogen) atoms. The second kappa shape index (κ2) is 4.34. The number of fused-ring (bicyclic) bond motifs is 2. The second-order valence-corrected chi connectivity index (χ2v) is 6.21. The smallest absolute Gasteiger partial charge is 0.295 e. The van der Waals surface area contributed by atoms with E-state index in [0.29, 0.717) is 10.8 Å². The zero-order valence-corrected chi connectivity index (χ0v) is 11.8. The molecule has 108 valence electrons. The molecular weight excluding hydrogens is 292 g/mol. The molecule has 0 aliphatic carbocycles. The van der Waals surface area contributed by atoms with Gasteiger partial charge in [0.05, 0.1) is 0 Å². The summed E-state index contributed by atoms with van der Waals surface area (Å²) >= 11 is 0. The minimum absolute atomic E-state index is 0.0753. The van der Waals surface area contributed by atoms with Crippen LogP contribution in [0.5, 0.6) is 11.5 Å². The largest absolute Gasteiger partial charge is 0.507 e. The molecule has 0 heterocycles. The summed E-state index contributed by atoms with van der Waals surface area (Å²) in [7, 11) is -4.54. The Morgan fingerprint density at radius 2 is 1.43 bits per heavy atom. The summed E-state index contributed by atoms with van der Waals surface area (Å²) in [6.07, 6.45) is 0. The number of phenols is 2. The minimum atomic E-state index is -4.54. The Bertz CT molecular complexity index is 990. The van der Waals surface area contributed by atoms with Gasteiger partial charge >= 0.3 is 0 Å². The molecule has 0 spiro atoms. The van der Waals surface area contributed by atoms with Crippen LogP contribution >= 0.6 is 0 Å². The molecule has 6 heteroatoms. The zero-order chi connectivity index (χ0) is 15.4. The lowest BCUT2D eigenvalue weighted by atomic mass is 9.99. The van der Waals surface area contributed by atoms with Crippen LogP contribution in [0.2, 0.25) is 0 Å². The van der Waals surface area contributed by atoms with Crippen LogP contribution in [0.25, 0.3) is 21.5 Å². The van der Waals surface area contributed by atoms with Crippen molar-refractivity contribution in [1.29, 1.82) is 0 Å². The Kier molecular flexibility index (Phi) is 2.82. The number of phenolic OH excluding ortho intramolecular Hbond substituents is 2. The van der Waals surface area contributed by atoms with Crippen LogP contribution in [-0.4, -0.2) is 23.2 Å². The van der Waals surface area contributed by atoms with Gasteiger partial charge in [-0.15, -0.1) is 0 Å². The average Bonchev–Trinajstić information content (AvgIpc) is 2.43. The van der Waals surface area contributed by atoms with Gasteiger partial charge in [0.15, 0.2) is 0 Å². The maximum Gasteiger partial charge on any atom is 0.295 e. The summed E-state index contributed by atoms with van der Waals surface area (Å²) in [6.45, 7) is 1.51. The molecule has 0 aliphatic rings. The molecule has 0 aliphatic heterocycles. The lowest BCUT2D eigenvalue weighted by molar-refractivity contribution is 0.473. The van der Waals surface area contributed by atoms with E-state index >= 15 is 0 Å². The number of hydrogen-bond acceptors (Lipinski definition) is 4. The van der Waals surface area contributed by atoms with Crippen LogP contribution in [0.1, 0.15) is 5.56 Å². The molecule has 0 amide bonds. The SMILES string of the molecule is Cc1ccc2c(O)c3ccccc3c(O)c2c1S(=O)(=O)O. The third kappa shape index (κ3) is 1.91. The van der Waals surface area contributed by atoms with E-state index in [1.807, 2.05) is 0 Å². The van der Waals surface area contributed by atoms with Gasteiger partial charge in [-0.25, -0.2) is 0 Å². The Labute approximate surface area is 120 Å². The highest BCUT2D eigenvalue weighted by molar-refractivity contribution is 7.86. The topological polar surface area (TPSA) is 94.8 Å². The van der Waals surface area contributed by atoms with Gasteiger partial charge in [0.2, 0.25) is 0 Å². The summed E-state index contributed by atoms with van der Waals surface area (Å²) in [5, 5.41) is 21.6. The first-order chi connectivity index (χ1) is 9.82. The number of hydrogen-bond donors (Lipinski definition) is 3. The van der Waals surface area contributed by atoms with Crippen LogP contribution < -0.4 is 0 Å². The number of aryl methyl sites for hydroxylation is 1. The van der Waals surface area contributed by atoms with E-state index in [9.17, 15) is 23.2 Å². The molecule has 3 aromatic carbocycles. The van der Waals surface area contributed by atoms with Crippen LogP contribution in [-0.2, 0) is 10.1 Å². The molecule has 0 aromatic heterocycles. The molecule has 3 rings (SSSR count). The first kappa shape index (κ1) is 13.7. The van der Waals surface area contributed by atoms with Crippen molar-refractivity contribution in [3.63, 3.8) is 0 Å². The van der Waals surface area contributed by atoms with E-state index in [1.54, 1.807) is 24.3 Å². The van der Waals surface area contributed by atoms with E-state index in [1.165, 1.54) is 19.1 Å². The summed E-state index contributed by atoms with van der Waals surface area (Å²) in [6, 6.07) is 9.54. The van der Waals surface area contributed by atoms with Crippen molar-refractivity contribution >= 4 is 31.7 Å². The standard InChI is InChI=1S/C15H12O5S/c1-8-6-7-11-12(15(8)21(18,19)20)14(17)10-5-3-2-4-9(10)13(11)16/h2-7,16-17H,1H3,(H,18,19,20). The minimum Gasteiger partial charge on any atom is -0.507 e. The predicted molar refractivity (Wildman–Crippen MR) is 79.3 cm³/mol. The Morgan fingerprint density at radius 3 is 2.00 bits per heavy atom. The molecule has 0 saturated heterocycles. The van der Waals surface area contributed by atoms with Crippen molar-refractivity contribution < 1.29 is 23.2 Å². The number of rotatable bonds is 1.